The summed E-state index contributed by atoms with van der Waals surface area (Å²) in [6.45, 7) is 10.8. The molecular formula is C42H40N2. The molecule has 2 nitrogen and oxygen atoms in total. The Hall–Kier alpha value is -5.08. The van der Waals surface area contributed by atoms with E-state index >= 15 is 0 Å². The van der Waals surface area contributed by atoms with Crippen molar-refractivity contribution in [3.8, 4) is 11.1 Å². The molecule has 0 bridgehead atoms. The summed E-state index contributed by atoms with van der Waals surface area (Å²) in [5, 5.41) is 0. The molecular weight excluding hydrogens is 532 g/mol. The van der Waals surface area contributed by atoms with E-state index in [2.05, 4.69) is 184 Å². The first-order valence-electron chi connectivity index (χ1n) is 15.5. The van der Waals surface area contributed by atoms with Gasteiger partial charge in [-0.05, 0) is 140 Å². The van der Waals surface area contributed by atoms with Crippen LogP contribution in [0.15, 0.2) is 140 Å². The molecule has 0 N–H and O–H groups in total. The lowest BCUT2D eigenvalue weighted by Gasteiger charge is -2.28. The maximum Gasteiger partial charge on any atom is 0.0491 e. The summed E-state index contributed by atoms with van der Waals surface area (Å²) in [6, 6.07) is 50.9. The first kappa shape index (κ1) is 29.0. The van der Waals surface area contributed by atoms with Gasteiger partial charge < -0.3 is 9.80 Å². The maximum atomic E-state index is 2.36. The van der Waals surface area contributed by atoms with Crippen molar-refractivity contribution in [2.24, 2.45) is 0 Å². The van der Waals surface area contributed by atoms with Gasteiger partial charge in [0.2, 0.25) is 0 Å². The topological polar surface area (TPSA) is 6.48 Å². The minimum absolute atomic E-state index is 1.03. The third-order valence-corrected chi connectivity index (χ3v) is 8.31. The molecule has 0 saturated heterocycles. The van der Waals surface area contributed by atoms with Crippen LogP contribution in [0.1, 0.15) is 34.7 Å². The minimum atomic E-state index is 1.03. The van der Waals surface area contributed by atoms with Crippen molar-refractivity contribution < 1.29 is 0 Å². The van der Waals surface area contributed by atoms with E-state index in [0.717, 1.165) is 34.9 Å². The Bertz CT molecular complexity index is 1870. The van der Waals surface area contributed by atoms with Crippen molar-refractivity contribution in [3.63, 3.8) is 0 Å². The van der Waals surface area contributed by atoms with Gasteiger partial charge in [0.25, 0.3) is 0 Å². The van der Waals surface area contributed by atoms with Crippen LogP contribution in [0, 0.1) is 27.7 Å². The number of benzene rings is 6. The zero-order valence-corrected chi connectivity index (χ0v) is 26.4. The van der Waals surface area contributed by atoms with Gasteiger partial charge in [0.05, 0.1) is 0 Å². The molecule has 0 unspecified atom stereocenters. The summed E-state index contributed by atoms with van der Waals surface area (Å²) in [4.78, 5) is 4.70. The van der Waals surface area contributed by atoms with Crippen LogP contribution < -0.4 is 9.80 Å². The fraction of sp³-hybridized carbons (Fsp3) is 0.143. The van der Waals surface area contributed by atoms with E-state index < -0.39 is 0 Å². The summed E-state index contributed by atoms with van der Waals surface area (Å²) in [5.41, 5.74) is 15.7. The molecule has 0 aliphatic carbocycles. The monoisotopic (exact) mass is 572 g/mol. The van der Waals surface area contributed by atoms with Crippen LogP contribution in [0.3, 0.4) is 0 Å². The second-order valence-electron chi connectivity index (χ2n) is 11.8. The van der Waals surface area contributed by atoms with Crippen LogP contribution in [0.4, 0.5) is 34.1 Å². The van der Waals surface area contributed by atoms with Crippen molar-refractivity contribution >= 4 is 34.1 Å². The number of nitrogens with zero attached hydrogens (tertiary/aromatic N) is 2. The molecule has 6 aromatic carbocycles. The summed E-state index contributed by atoms with van der Waals surface area (Å²) in [5.74, 6) is 0. The second kappa shape index (κ2) is 12.7. The maximum absolute atomic E-state index is 2.36. The Morgan fingerprint density at radius 3 is 1.45 bits per heavy atom. The summed E-state index contributed by atoms with van der Waals surface area (Å²) < 4.78 is 0. The zero-order valence-electron chi connectivity index (χ0n) is 26.4. The Balaban J connectivity index is 1.35. The molecule has 0 aliphatic heterocycles. The Labute approximate surface area is 262 Å². The molecule has 2 heteroatoms. The Morgan fingerprint density at radius 2 is 0.909 bits per heavy atom. The highest BCUT2D eigenvalue weighted by molar-refractivity contribution is 5.82. The lowest BCUT2D eigenvalue weighted by atomic mass is 10.0. The van der Waals surface area contributed by atoms with Crippen molar-refractivity contribution in [2.45, 2.75) is 41.0 Å². The number of hydrogen-bond acceptors (Lipinski definition) is 2. The van der Waals surface area contributed by atoms with E-state index in [1.54, 1.807) is 0 Å². The van der Waals surface area contributed by atoms with Gasteiger partial charge in [-0.15, -0.1) is 0 Å². The van der Waals surface area contributed by atoms with Crippen LogP contribution >= 0.6 is 0 Å². The lowest BCUT2D eigenvalue weighted by Crippen LogP contribution is -2.11. The van der Waals surface area contributed by atoms with E-state index in [4.69, 9.17) is 0 Å². The van der Waals surface area contributed by atoms with Crippen LogP contribution in [-0.2, 0) is 6.42 Å². The van der Waals surface area contributed by atoms with Gasteiger partial charge in [-0.1, -0.05) is 79.2 Å². The summed E-state index contributed by atoms with van der Waals surface area (Å²) in [6.07, 6.45) is 1.03. The molecule has 0 fully saturated rings. The minimum Gasteiger partial charge on any atom is -0.310 e. The fourth-order valence-electron chi connectivity index (χ4n) is 5.87. The molecule has 6 aromatic rings. The van der Waals surface area contributed by atoms with E-state index in [0.29, 0.717) is 0 Å². The molecule has 6 rings (SSSR count). The number of aryl methyl sites for hydroxylation is 5. The third kappa shape index (κ3) is 6.16. The molecule has 0 spiro atoms. The molecule has 0 aromatic heterocycles. The summed E-state index contributed by atoms with van der Waals surface area (Å²) >= 11 is 0. The van der Waals surface area contributed by atoms with Crippen LogP contribution in [0.25, 0.3) is 11.1 Å². The molecule has 0 atom stereocenters. The molecule has 0 aliphatic rings. The molecule has 0 amide bonds. The van der Waals surface area contributed by atoms with Crippen molar-refractivity contribution in [3.05, 3.63) is 167 Å². The van der Waals surface area contributed by atoms with Gasteiger partial charge >= 0.3 is 0 Å². The zero-order chi connectivity index (χ0) is 30.6. The molecule has 0 heterocycles. The van der Waals surface area contributed by atoms with Gasteiger partial charge in [-0.3, -0.25) is 0 Å². The SMILES string of the molecule is CCc1ccc(N(c2ccc(-c3ccc(N(c4ccc(C)cc4)c4cccc(C)c4)c(C)c3)cc2)c2cccc(C)c2)cc1. The Morgan fingerprint density at radius 1 is 0.409 bits per heavy atom. The molecule has 44 heavy (non-hydrogen) atoms. The van der Waals surface area contributed by atoms with E-state index in [9.17, 15) is 0 Å². The predicted molar refractivity (Wildman–Crippen MR) is 190 cm³/mol. The second-order valence-corrected chi connectivity index (χ2v) is 11.8. The van der Waals surface area contributed by atoms with Crippen LogP contribution in [-0.4, -0.2) is 0 Å². The standard InChI is InChI=1S/C42H40N2/c1-6-34-15-22-37(23-16-34)43(40-11-7-9-31(3)27-40)38-24-17-35(18-25-38)36-19-26-42(33(5)29-36)44(39-20-13-30(2)14-21-39)41-12-8-10-32(4)28-41/h7-29H,6H2,1-5H3. The average Bonchev–Trinajstić information content (AvgIpc) is 3.04. The first-order chi connectivity index (χ1) is 21.4. The van der Waals surface area contributed by atoms with Gasteiger partial charge in [-0.2, -0.15) is 0 Å². The summed E-state index contributed by atoms with van der Waals surface area (Å²) in [7, 11) is 0. The number of hydrogen-bond donors (Lipinski definition) is 0. The largest absolute Gasteiger partial charge is 0.310 e. The molecule has 218 valence electrons. The van der Waals surface area contributed by atoms with Gasteiger partial charge in [0.1, 0.15) is 0 Å². The molecule has 0 saturated carbocycles. The van der Waals surface area contributed by atoms with Crippen molar-refractivity contribution in [1.82, 2.24) is 0 Å². The highest BCUT2D eigenvalue weighted by Gasteiger charge is 2.17. The number of rotatable bonds is 8. The van der Waals surface area contributed by atoms with Crippen LogP contribution in [0.5, 0.6) is 0 Å². The lowest BCUT2D eigenvalue weighted by molar-refractivity contribution is 1.14. The highest BCUT2D eigenvalue weighted by atomic mass is 15.1. The normalized spacial score (nSPS) is 10.9. The van der Waals surface area contributed by atoms with E-state index in [-0.39, 0.29) is 0 Å². The molecule has 0 radical (unpaired) electrons. The number of anilines is 6. The third-order valence-electron chi connectivity index (χ3n) is 8.31. The first-order valence-corrected chi connectivity index (χ1v) is 15.5. The predicted octanol–water partition coefficient (Wildman–Crippen LogP) is 12.1. The van der Waals surface area contributed by atoms with Gasteiger partial charge in [-0.25, -0.2) is 0 Å². The average molecular weight is 573 g/mol. The van der Waals surface area contributed by atoms with Gasteiger partial charge in [0.15, 0.2) is 0 Å². The van der Waals surface area contributed by atoms with Crippen LogP contribution in [0.2, 0.25) is 0 Å². The highest BCUT2D eigenvalue weighted by Crippen LogP contribution is 2.40. The Kier molecular flexibility index (Phi) is 8.34. The quantitative estimate of drug-likeness (QED) is 0.179. The van der Waals surface area contributed by atoms with Gasteiger partial charge in [0, 0.05) is 34.1 Å². The fourth-order valence-corrected chi connectivity index (χ4v) is 5.87. The van der Waals surface area contributed by atoms with Crippen molar-refractivity contribution in [2.75, 3.05) is 9.80 Å². The smallest absolute Gasteiger partial charge is 0.0491 e. The van der Waals surface area contributed by atoms with E-state index in [1.807, 2.05) is 0 Å². The van der Waals surface area contributed by atoms with Crippen molar-refractivity contribution in [1.29, 1.82) is 0 Å². The van der Waals surface area contributed by atoms with E-state index in [1.165, 1.54) is 44.6 Å².